The van der Waals surface area contributed by atoms with E-state index < -0.39 is 0 Å². The number of rotatable bonds is 10. The molecular formula is C26H35NO. The average Bonchev–Trinajstić information content (AvgIpc) is 2.77. The summed E-state index contributed by atoms with van der Waals surface area (Å²) in [6, 6.07) is 13.3. The monoisotopic (exact) mass is 377 g/mol. The van der Waals surface area contributed by atoms with Crippen molar-refractivity contribution >= 4 is 6.29 Å². The maximum atomic E-state index is 10.9. The smallest absolute Gasteiger partial charge is 0.123 e. The Hall–Kier alpha value is -1.96. The van der Waals surface area contributed by atoms with Crippen LogP contribution in [-0.4, -0.2) is 11.3 Å². The molecule has 0 bridgehead atoms. The minimum Gasteiger partial charge on any atom is -0.303 e. The number of hydrogen-bond donors (Lipinski definition) is 0. The van der Waals surface area contributed by atoms with Crippen molar-refractivity contribution in [2.75, 3.05) is 0 Å². The van der Waals surface area contributed by atoms with Gasteiger partial charge in [0.2, 0.25) is 0 Å². The van der Waals surface area contributed by atoms with E-state index in [9.17, 15) is 4.79 Å². The highest BCUT2D eigenvalue weighted by Crippen LogP contribution is 2.35. The van der Waals surface area contributed by atoms with Crippen LogP contribution in [0.5, 0.6) is 0 Å². The van der Waals surface area contributed by atoms with Gasteiger partial charge in [0.1, 0.15) is 6.29 Å². The van der Waals surface area contributed by atoms with Crippen LogP contribution in [0.1, 0.15) is 88.2 Å². The van der Waals surface area contributed by atoms with Crippen molar-refractivity contribution in [2.45, 2.75) is 83.5 Å². The highest BCUT2D eigenvalue weighted by molar-refractivity contribution is 5.59. The lowest BCUT2D eigenvalue weighted by Gasteiger charge is -2.25. The largest absolute Gasteiger partial charge is 0.303 e. The Bertz CT molecular complexity index is 696. The van der Waals surface area contributed by atoms with Gasteiger partial charge in [0.25, 0.3) is 0 Å². The molecule has 1 heterocycles. The van der Waals surface area contributed by atoms with Crippen LogP contribution in [0.25, 0.3) is 11.3 Å². The summed E-state index contributed by atoms with van der Waals surface area (Å²) >= 11 is 0. The fourth-order valence-electron chi connectivity index (χ4n) is 4.37. The maximum Gasteiger partial charge on any atom is 0.123 e. The van der Waals surface area contributed by atoms with Gasteiger partial charge in [-0.1, -0.05) is 69.4 Å². The molecule has 28 heavy (non-hydrogen) atoms. The van der Waals surface area contributed by atoms with E-state index >= 15 is 0 Å². The topological polar surface area (TPSA) is 30.0 Å². The molecule has 0 saturated heterocycles. The Kier molecular flexibility index (Phi) is 8.26. The molecule has 1 aromatic carbocycles. The average molecular weight is 378 g/mol. The predicted octanol–water partition coefficient (Wildman–Crippen LogP) is 7.12. The second-order valence-electron chi connectivity index (χ2n) is 8.44. The number of carbonyl (C=O) groups is 1. The third-order valence-electron chi connectivity index (χ3n) is 6.29. The normalized spacial score (nSPS) is 19.5. The van der Waals surface area contributed by atoms with Crippen molar-refractivity contribution in [3.8, 4) is 11.3 Å². The van der Waals surface area contributed by atoms with Crippen molar-refractivity contribution < 1.29 is 4.79 Å². The van der Waals surface area contributed by atoms with Gasteiger partial charge in [-0.25, -0.2) is 0 Å². The quantitative estimate of drug-likeness (QED) is 0.326. The Morgan fingerprint density at radius 3 is 2.25 bits per heavy atom. The molecule has 0 spiro atoms. The molecule has 2 nitrogen and oxygen atoms in total. The van der Waals surface area contributed by atoms with E-state index in [0.717, 1.165) is 44.1 Å². The van der Waals surface area contributed by atoms with Crippen molar-refractivity contribution in [3.63, 3.8) is 0 Å². The first-order valence-electron chi connectivity index (χ1n) is 11.3. The van der Waals surface area contributed by atoms with E-state index in [4.69, 9.17) is 4.98 Å². The zero-order valence-electron chi connectivity index (χ0n) is 17.4. The minimum absolute atomic E-state index is 0.287. The van der Waals surface area contributed by atoms with Crippen LogP contribution in [0, 0.1) is 5.92 Å². The summed E-state index contributed by atoms with van der Waals surface area (Å²) in [7, 11) is 0. The number of unbranched alkanes of at least 4 members (excludes halogenated alkanes) is 5. The van der Waals surface area contributed by atoms with Crippen LogP contribution in [0.2, 0.25) is 0 Å². The SMILES string of the molecule is CCCCCCCCc1ccc(-c2ccc([C@H]3CC[C@H](C=O)CC3)cc2)nc1. The molecule has 150 valence electrons. The lowest BCUT2D eigenvalue weighted by Crippen LogP contribution is -2.14. The van der Waals surface area contributed by atoms with Crippen molar-refractivity contribution in [2.24, 2.45) is 5.92 Å². The Balaban J connectivity index is 1.49. The van der Waals surface area contributed by atoms with Crippen LogP contribution in [0.15, 0.2) is 42.6 Å². The van der Waals surface area contributed by atoms with Gasteiger partial charge >= 0.3 is 0 Å². The third kappa shape index (κ3) is 6.02. The number of pyridine rings is 1. The lowest BCUT2D eigenvalue weighted by molar-refractivity contribution is -0.111. The van der Waals surface area contributed by atoms with E-state index in [2.05, 4.69) is 49.5 Å². The van der Waals surface area contributed by atoms with E-state index in [1.54, 1.807) is 0 Å². The van der Waals surface area contributed by atoms with Crippen LogP contribution in [-0.2, 0) is 11.2 Å². The first-order valence-corrected chi connectivity index (χ1v) is 11.3. The molecule has 1 saturated carbocycles. The zero-order chi connectivity index (χ0) is 19.6. The molecule has 0 N–H and O–H groups in total. The molecule has 2 aromatic rings. The second-order valence-corrected chi connectivity index (χ2v) is 8.44. The third-order valence-corrected chi connectivity index (χ3v) is 6.29. The zero-order valence-corrected chi connectivity index (χ0v) is 17.4. The van der Waals surface area contributed by atoms with Crippen molar-refractivity contribution in [3.05, 3.63) is 53.7 Å². The van der Waals surface area contributed by atoms with Crippen LogP contribution in [0.3, 0.4) is 0 Å². The fraction of sp³-hybridized carbons (Fsp3) is 0.538. The molecule has 0 aliphatic heterocycles. The molecular weight excluding hydrogens is 342 g/mol. The molecule has 1 aliphatic rings. The Labute approximate surface area is 170 Å². The van der Waals surface area contributed by atoms with Gasteiger partial charge in [-0.15, -0.1) is 0 Å². The molecule has 1 aromatic heterocycles. The summed E-state index contributed by atoms with van der Waals surface area (Å²) in [5.74, 6) is 0.896. The molecule has 2 heteroatoms. The molecule has 0 radical (unpaired) electrons. The van der Waals surface area contributed by atoms with Gasteiger partial charge in [-0.3, -0.25) is 4.98 Å². The number of aromatic nitrogens is 1. The summed E-state index contributed by atoms with van der Waals surface area (Å²) in [6.45, 7) is 2.26. The van der Waals surface area contributed by atoms with Crippen LogP contribution >= 0.6 is 0 Å². The van der Waals surface area contributed by atoms with Gasteiger partial charge in [0, 0.05) is 17.7 Å². The summed E-state index contributed by atoms with van der Waals surface area (Å²) in [6.07, 6.45) is 16.7. The molecule has 3 rings (SSSR count). The number of hydrogen-bond acceptors (Lipinski definition) is 2. The molecule has 0 amide bonds. The number of nitrogens with zero attached hydrogens (tertiary/aromatic N) is 1. The second kappa shape index (κ2) is 11.1. The number of benzene rings is 1. The fourth-order valence-corrected chi connectivity index (χ4v) is 4.37. The number of aldehydes is 1. The molecule has 0 unspecified atom stereocenters. The highest BCUT2D eigenvalue weighted by atomic mass is 16.1. The number of carbonyl (C=O) groups excluding carboxylic acids is 1. The first kappa shape index (κ1) is 20.8. The van der Waals surface area contributed by atoms with Gasteiger partial charge in [-0.05, 0) is 61.6 Å². The van der Waals surface area contributed by atoms with Crippen LogP contribution in [0.4, 0.5) is 0 Å². The van der Waals surface area contributed by atoms with Crippen molar-refractivity contribution in [1.82, 2.24) is 4.98 Å². The lowest BCUT2D eigenvalue weighted by atomic mass is 9.79. The Morgan fingerprint density at radius 1 is 0.893 bits per heavy atom. The van der Waals surface area contributed by atoms with E-state index in [1.807, 2.05) is 0 Å². The summed E-state index contributed by atoms with van der Waals surface area (Å²) < 4.78 is 0. The minimum atomic E-state index is 0.287. The molecule has 1 aliphatic carbocycles. The predicted molar refractivity (Wildman–Crippen MR) is 118 cm³/mol. The van der Waals surface area contributed by atoms with Crippen molar-refractivity contribution in [1.29, 1.82) is 0 Å². The van der Waals surface area contributed by atoms with E-state index in [-0.39, 0.29) is 5.92 Å². The van der Waals surface area contributed by atoms with Gasteiger partial charge < -0.3 is 4.79 Å². The highest BCUT2D eigenvalue weighted by Gasteiger charge is 2.21. The van der Waals surface area contributed by atoms with Gasteiger partial charge in [-0.2, -0.15) is 0 Å². The number of aryl methyl sites for hydroxylation is 1. The van der Waals surface area contributed by atoms with Crippen LogP contribution < -0.4 is 0 Å². The molecule has 0 atom stereocenters. The summed E-state index contributed by atoms with van der Waals surface area (Å²) in [4.78, 5) is 15.6. The van der Waals surface area contributed by atoms with Gasteiger partial charge in [0.15, 0.2) is 0 Å². The maximum absolute atomic E-state index is 10.9. The van der Waals surface area contributed by atoms with Gasteiger partial charge in [0.05, 0.1) is 5.69 Å². The summed E-state index contributed by atoms with van der Waals surface area (Å²) in [5, 5.41) is 0. The van der Waals surface area contributed by atoms with E-state index in [0.29, 0.717) is 5.92 Å². The van der Waals surface area contributed by atoms with E-state index in [1.165, 1.54) is 55.2 Å². The standard InChI is InChI=1S/C26H35NO/c1-2-3-4-5-6-7-8-21-11-18-26(27-19-21)25-16-14-24(15-17-25)23-12-9-22(20-28)10-13-23/h11,14-20,22-23H,2-10,12-13H2,1H3/t22-,23-. The summed E-state index contributed by atoms with van der Waals surface area (Å²) in [5.41, 5.74) is 5.01. The Morgan fingerprint density at radius 2 is 1.61 bits per heavy atom. The molecule has 1 fully saturated rings. The first-order chi connectivity index (χ1) is 13.8.